The molecule has 0 aromatic rings. The third-order valence-corrected chi connectivity index (χ3v) is 1.92. The van der Waals surface area contributed by atoms with Crippen molar-refractivity contribution in [2.45, 2.75) is 12.5 Å². The maximum absolute atomic E-state index is 11.0. The van der Waals surface area contributed by atoms with Crippen LogP contribution in [0.2, 0.25) is 0 Å². The summed E-state index contributed by atoms with van der Waals surface area (Å²) < 4.78 is 5.14. The average Bonchev–Trinajstić information content (AvgIpc) is 2.50. The smallest absolute Gasteiger partial charge is 0.234 e. The van der Waals surface area contributed by atoms with Gasteiger partial charge in [0.25, 0.3) is 0 Å². The van der Waals surface area contributed by atoms with Crippen molar-refractivity contribution in [3.8, 4) is 12.3 Å². The van der Waals surface area contributed by atoms with Crippen LogP contribution in [-0.4, -0.2) is 25.0 Å². The minimum absolute atomic E-state index is 0.124. The monoisotopic (exact) mass is 153 g/mol. The molecule has 1 aliphatic heterocycles. The Morgan fingerprint density at radius 1 is 1.82 bits per heavy atom. The first-order valence-electron chi connectivity index (χ1n) is 3.61. The number of terminal acetylenes is 1. The molecule has 3 heteroatoms. The molecule has 1 fully saturated rings. The quantitative estimate of drug-likeness (QED) is 0.432. The van der Waals surface area contributed by atoms with Gasteiger partial charge in [-0.15, -0.1) is 6.42 Å². The predicted molar refractivity (Wildman–Crippen MR) is 40.7 cm³/mol. The van der Waals surface area contributed by atoms with Crippen molar-refractivity contribution in [2.75, 3.05) is 13.2 Å². The number of hydrogen-bond donors (Lipinski definition) is 1. The summed E-state index contributed by atoms with van der Waals surface area (Å²) in [6.07, 6.45) is 5.35. The molecular formula is C8H11NO2. The molecule has 0 radical (unpaired) electrons. The fourth-order valence-corrected chi connectivity index (χ4v) is 1.25. The fourth-order valence-electron chi connectivity index (χ4n) is 1.25. The number of rotatable bonds is 2. The van der Waals surface area contributed by atoms with E-state index in [1.165, 1.54) is 0 Å². The van der Waals surface area contributed by atoms with Gasteiger partial charge in [0.2, 0.25) is 5.78 Å². The highest BCUT2D eigenvalue weighted by molar-refractivity contribution is 5.98. The zero-order chi connectivity index (χ0) is 8.27. The molecule has 1 rings (SSSR count). The van der Waals surface area contributed by atoms with Gasteiger partial charge in [0.05, 0.1) is 0 Å². The molecular weight excluding hydrogens is 142 g/mol. The van der Waals surface area contributed by atoms with E-state index in [4.69, 9.17) is 16.9 Å². The van der Waals surface area contributed by atoms with Gasteiger partial charge in [0.15, 0.2) is 0 Å². The number of carbonyl (C=O) groups excluding carboxylic acids is 1. The Hall–Kier alpha value is -0.850. The van der Waals surface area contributed by atoms with Crippen LogP contribution in [0.3, 0.4) is 0 Å². The van der Waals surface area contributed by atoms with Crippen molar-refractivity contribution in [2.24, 2.45) is 11.7 Å². The molecule has 0 bridgehead atoms. The number of nitrogens with two attached hydrogens (primary N) is 1. The third kappa shape index (κ3) is 1.59. The summed E-state index contributed by atoms with van der Waals surface area (Å²) in [6.45, 7) is 1.07. The van der Waals surface area contributed by atoms with Crippen LogP contribution >= 0.6 is 0 Å². The molecule has 11 heavy (non-hydrogen) atoms. The molecule has 0 aromatic carbocycles. The minimum Gasteiger partial charge on any atom is -0.369 e. The summed E-state index contributed by atoms with van der Waals surface area (Å²) >= 11 is 0. The van der Waals surface area contributed by atoms with Crippen LogP contribution in [0, 0.1) is 18.3 Å². The molecule has 2 atom stereocenters. The highest BCUT2D eigenvalue weighted by atomic mass is 16.5. The fraction of sp³-hybridized carbons (Fsp3) is 0.625. The van der Waals surface area contributed by atoms with Crippen LogP contribution in [0.15, 0.2) is 0 Å². The predicted octanol–water partition coefficient (Wildman–Crippen LogP) is -0.447. The molecule has 1 heterocycles. The van der Waals surface area contributed by atoms with Gasteiger partial charge in [0.1, 0.15) is 6.10 Å². The van der Waals surface area contributed by atoms with Gasteiger partial charge in [-0.3, -0.25) is 4.79 Å². The van der Waals surface area contributed by atoms with Gasteiger partial charge in [-0.1, -0.05) is 0 Å². The Balaban J connectivity index is 2.58. The van der Waals surface area contributed by atoms with Crippen LogP contribution < -0.4 is 5.73 Å². The second kappa shape index (κ2) is 3.51. The van der Waals surface area contributed by atoms with E-state index in [1.54, 1.807) is 0 Å². The summed E-state index contributed by atoms with van der Waals surface area (Å²) in [7, 11) is 0. The summed E-state index contributed by atoms with van der Waals surface area (Å²) in [5.74, 6) is 1.90. The van der Waals surface area contributed by atoms with Crippen molar-refractivity contribution in [1.82, 2.24) is 0 Å². The first-order valence-corrected chi connectivity index (χ1v) is 3.61. The maximum atomic E-state index is 11.0. The first kappa shape index (κ1) is 8.25. The SMILES string of the molecule is C#CC(=O)C1OCCC1CN. The zero-order valence-corrected chi connectivity index (χ0v) is 6.25. The van der Waals surface area contributed by atoms with Gasteiger partial charge < -0.3 is 10.5 Å². The number of hydrogen-bond acceptors (Lipinski definition) is 3. The highest BCUT2D eigenvalue weighted by Gasteiger charge is 2.31. The molecule has 0 aromatic heterocycles. The second-order valence-corrected chi connectivity index (χ2v) is 2.58. The molecule has 0 amide bonds. The molecule has 0 spiro atoms. The van der Waals surface area contributed by atoms with Crippen molar-refractivity contribution in [1.29, 1.82) is 0 Å². The van der Waals surface area contributed by atoms with Crippen molar-refractivity contribution >= 4 is 5.78 Å². The lowest BCUT2D eigenvalue weighted by atomic mass is 9.99. The summed E-state index contributed by atoms with van der Waals surface area (Å²) in [4.78, 5) is 11.0. The number of ketones is 1. The van der Waals surface area contributed by atoms with E-state index in [1.807, 2.05) is 0 Å². The van der Waals surface area contributed by atoms with Crippen LogP contribution in [0.4, 0.5) is 0 Å². The molecule has 1 aliphatic rings. The van der Waals surface area contributed by atoms with Gasteiger partial charge >= 0.3 is 0 Å². The normalized spacial score (nSPS) is 29.8. The van der Waals surface area contributed by atoms with E-state index in [9.17, 15) is 4.79 Å². The lowest BCUT2D eigenvalue weighted by molar-refractivity contribution is -0.123. The minimum atomic E-state index is -0.440. The summed E-state index contributed by atoms with van der Waals surface area (Å²) in [6, 6.07) is 0. The average molecular weight is 153 g/mol. The van der Waals surface area contributed by atoms with Crippen LogP contribution in [0.1, 0.15) is 6.42 Å². The molecule has 0 aliphatic carbocycles. The van der Waals surface area contributed by atoms with E-state index in [2.05, 4.69) is 5.92 Å². The van der Waals surface area contributed by atoms with E-state index in [0.717, 1.165) is 6.42 Å². The summed E-state index contributed by atoms with van der Waals surface area (Å²) in [5.41, 5.74) is 5.42. The first-order chi connectivity index (χ1) is 5.29. The summed E-state index contributed by atoms with van der Waals surface area (Å²) in [5, 5.41) is 0. The van der Waals surface area contributed by atoms with E-state index < -0.39 is 6.10 Å². The highest BCUT2D eigenvalue weighted by Crippen LogP contribution is 2.19. The number of ether oxygens (including phenoxy) is 1. The zero-order valence-electron chi connectivity index (χ0n) is 6.25. The number of carbonyl (C=O) groups is 1. The van der Waals surface area contributed by atoms with E-state index in [0.29, 0.717) is 13.2 Å². The molecule has 1 saturated heterocycles. The molecule has 2 unspecified atom stereocenters. The van der Waals surface area contributed by atoms with Crippen LogP contribution in [0.25, 0.3) is 0 Å². The topological polar surface area (TPSA) is 52.3 Å². The lowest BCUT2D eigenvalue weighted by Crippen LogP contribution is -2.30. The Labute approximate surface area is 65.9 Å². The molecule has 3 nitrogen and oxygen atoms in total. The standard InChI is InChI=1S/C8H11NO2/c1-2-7(10)8-6(5-9)3-4-11-8/h1,6,8H,3-5,9H2. The molecule has 2 N–H and O–H groups in total. The van der Waals surface area contributed by atoms with Gasteiger partial charge in [-0.2, -0.15) is 0 Å². The second-order valence-electron chi connectivity index (χ2n) is 2.58. The van der Waals surface area contributed by atoms with Crippen molar-refractivity contribution in [3.63, 3.8) is 0 Å². The van der Waals surface area contributed by atoms with Crippen LogP contribution in [-0.2, 0) is 9.53 Å². The van der Waals surface area contributed by atoms with Gasteiger partial charge in [0, 0.05) is 12.5 Å². The van der Waals surface area contributed by atoms with Crippen LogP contribution in [0.5, 0.6) is 0 Å². The lowest BCUT2D eigenvalue weighted by Gasteiger charge is -2.11. The van der Waals surface area contributed by atoms with E-state index in [-0.39, 0.29) is 11.7 Å². The van der Waals surface area contributed by atoms with Gasteiger partial charge in [-0.05, 0) is 18.9 Å². The van der Waals surface area contributed by atoms with Crippen molar-refractivity contribution < 1.29 is 9.53 Å². The Kier molecular flexibility index (Phi) is 2.64. The largest absolute Gasteiger partial charge is 0.369 e. The number of Topliss-reactive ketones (excluding diaryl/α,β-unsaturated/α-hetero) is 1. The maximum Gasteiger partial charge on any atom is 0.234 e. The molecule has 60 valence electrons. The van der Waals surface area contributed by atoms with E-state index >= 15 is 0 Å². The Morgan fingerprint density at radius 2 is 2.55 bits per heavy atom. The van der Waals surface area contributed by atoms with Gasteiger partial charge in [-0.25, -0.2) is 0 Å². The van der Waals surface area contributed by atoms with Crippen molar-refractivity contribution in [3.05, 3.63) is 0 Å². The molecule has 0 saturated carbocycles. The third-order valence-electron chi connectivity index (χ3n) is 1.92. The Morgan fingerprint density at radius 3 is 3.09 bits per heavy atom. The Bertz CT molecular complexity index is 195.